The predicted molar refractivity (Wildman–Crippen MR) is 85.7 cm³/mol. The first-order valence-electron chi connectivity index (χ1n) is 6.04. The Morgan fingerprint density at radius 2 is 1.90 bits per heavy atom. The van der Waals surface area contributed by atoms with Crippen LogP contribution >= 0.6 is 34.5 Å². The van der Waals surface area contributed by atoms with Crippen molar-refractivity contribution in [1.82, 2.24) is 4.72 Å². The number of aliphatic hydroxyl groups excluding tert-OH is 1. The standard InChI is InChI=1S/C13H13Cl2NO3S2/c14-12-7-11(13(15)20-12)21(18,19)16-10(8-17)6-9-4-2-1-3-5-9/h1-5,7,10,16-17H,6,8H2/t10-/m1/s1. The highest BCUT2D eigenvalue weighted by molar-refractivity contribution is 7.89. The number of halogens is 2. The van der Waals surface area contributed by atoms with Crippen molar-refractivity contribution in [3.63, 3.8) is 0 Å². The quantitative estimate of drug-likeness (QED) is 0.826. The predicted octanol–water partition coefficient (Wildman–Crippen LogP) is 2.94. The third-order valence-electron chi connectivity index (χ3n) is 2.78. The van der Waals surface area contributed by atoms with E-state index in [-0.39, 0.29) is 15.8 Å². The fraction of sp³-hybridized carbons (Fsp3) is 0.231. The summed E-state index contributed by atoms with van der Waals surface area (Å²) in [6.07, 6.45) is 0.381. The molecule has 4 nitrogen and oxygen atoms in total. The zero-order chi connectivity index (χ0) is 15.5. The molecule has 1 heterocycles. The Morgan fingerprint density at radius 3 is 2.43 bits per heavy atom. The highest BCUT2D eigenvalue weighted by Crippen LogP contribution is 2.34. The van der Waals surface area contributed by atoms with Crippen molar-refractivity contribution in [1.29, 1.82) is 0 Å². The van der Waals surface area contributed by atoms with Crippen molar-refractivity contribution in [3.8, 4) is 0 Å². The molecule has 1 aromatic carbocycles. The summed E-state index contributed by atoms with van der Waals surface area (Å²) in [5.74, 6) is 0. The van der Waals surface area contributed by atoms with Crippen LogP contribution in [-0.4, -0.2) is 26.2 Å². The second kappa shape index (κ2) is 7.09. The lowest BCUT2D eigenvalue weighted by molar-refractivity contribution is 0.256. The summed E-state index contributed by atoms with van der Waals surface area (Å²) in [5.41, 5.74) is 0.925. The smallest absolute Gasteiger partial charge is 0.243 e. The topological polar surface area (TPSA) is 66.4 Å². The fourth-order valence-electron chi connectivity index (χ4n) is 1.83. The highest BCUT2D eigenvalue weighted by atomic mass is 35.5. The zero-order valence-corrected chi connectivity index (χ0v) is 13.9. The van der Waals surface area contributed by atoms with Crippen LogP contribution in [0.1, 0.15) is 5.56 Å². The summed E-state index contributed by atoms with van der Waals surface area (Å²) < 4.78 is 27.4. The van der Waals surface area contributed by atoms with Crippen LogP contribution in [0.3, 0.4) is 0 Å². The van der Waals surface area contributed by atoms with Gasteiger partial charge in [0.25, 0.3) is 0 Å². The molecule has 2 N–H and O–H groups in total. The summed E-state index contributed by atoms with van der Waals surface area (Å²) in [7, 11) is -3.82. The Balaban J connectivity index is 2.16. The van der Waals surface area contributed by atoms with Gasteiger partial charge in [0, 0.05) is 6.04 Å². The Bertz CT molecular complexity index is 701. The van der Waals surface area contributed by atoms with E-state index in [4.69, 9.17) is 23.2 Å². The van der Waals surface area contributed by atoms with Gasteiger partial charge in [0.05, 0.1) is 10.9 Å². The van der Waals surface area contributed by atoms with Gasteiger partial charge in [0.2, 0.25) is 10.0 Å². The normalized spacial score (nSPS) is 13.3. The highest BCUT2D eigenvalue weighted by Gasteiger charge is 2.24. The molecule has 21 heavy (non-hydrogen) atoms. The van der Waals surface area contributed by atoms with Crippen LogP contribution < -0.4 is 4.72 Å². The van der Waals surface area contributed by atoms with E-state index in [0.717, 1.165) is 16.9 Å². The molecule has 0 amide bonds. The van der Waals surface area contributed by atoms with Crippen LogP contribution in [0.25, 0.3) is 0 Å². The molecule has 0 spiro atoms. The molecule has 1 atom stereocenters. The van der Waals surface area contributed by atoms with E-state index in [2.05, 4.69) is 4.72 Å². The second-order valence-electron chi connectivity index (χ2n) is 4.38. The molecule has 0 aliphatic rings. The van der Waals surface area contributed by atoms with Crippen molar-refractivity contribution in [2.75, 3.05) is 6.61 Å². The molecule has 8 heteroatoms. The van der Waals surface area contributed by atoms with Crippen LogP contribution in [0.5, 0.6) is 0 Å². The van der Waals surface area contributed by atoms with Crippen LogP contribution in [0.2, 0.25) is 8.67 Å². The third kappa shape index (κ3) is 4.42. The van der Waals surface area contributed by atoms with Crippen molar-refractivity contribution >= 4 is 44.6 Å². The van der Waals surface area contributed by atoms with Gasteiger partial charge in [-0.1, -0.05) is 53.5 Å². The Hall–Kier alpha value is -0.630. The lowest BCUT2D eigenvalue weighted by atomic mass is 10.1. The Kier molecular flexibility index (Phi) is 5.65. The molecule has 0 saturated carbocycles. The fourth-order valence-corrected chi connectivity index (χ4v) is 5.21. The maximum absolute atomic E-state index is 12.3. The van der Waals surface area contributed by atoms with Gasteiger partial charge in [0.1, 0.15) is 9.23 Å². The Morgan fingerprint density at radius 1 is 1.24 bits per heavy atom. The number of thiophene rings is 1. The molecule has 2 rings (SSSR count). The van der Waals surface area contributed by atoms with Gasteiger partial charge in [-0.25, -0.2) is 13.1 Å². The zero-order valence-electron chi connectivity index (χ0n) is 10.8. The largest absolute Gasteiger partial charge is 0.395 e. The number of benzene rings is 1. The molecule has 0 aliphatic heterocycles. The van der Waals surface area contributed by atoms with E-state index in [1.165, 1.54) is 6.07 Å². The molecule has 0 bridgehead atoms. The number of nitrogens with one attached hydrogen (secondary N) is 1. The van der Waals surface area contributed by atoms with Crippen LogP contribution in [0, 0.1) is 0 Å². The number of hydrogen-bond acceptors (Lipinski definition) is 4. The number of rotatable bonds is 6. The van der Waals surface area contributed by atoms with E-state index < -0.39 is 16.1 Å². The third-order valence-corrected chi connectivity index (χ3v) is 6.06. The molecular weight excluding hydrogens is 353 g/mol. The van der Waals surface area contributed by atoms with E-state index in [0.29, 0.717) is 10.8 Å². The molecule has 0 radical (unpaired) electrons. The number of hydrogen-bond donors (Lipinski definition) is 2. The average molecular weight is 366 g/mol. The van der Waals surface area contributed by atoms with Gasteiger partial charge in [-0.05, 0) is 18.1 Å². The van der Waals surface area contributed by atoms with E-state index in [9.17, 15) is 13.5 Å². The molecule has 0 saturated heterocycles. The first-order valence-corrected chi connectivity index (χ1v) is 9.10. The minimum absolute atomic E-state index is 0.0642. The molecule has 1 aromatic heterocycles. The van der Waals surface area contributed by atoms with Crippen molar-refractivity contribution in [3.05, 3.63) is 50.6 Å². The first-order chi connectivity index (χ1) is 9.92. The number of aliphatic hydroxyl groups is 1. The van der Waals surface area contributed by atoms with Crippen molar-refractivity contribution in [2.45, 2.75) is 17.4 Å². The number of sulfonamides is 1. The maximum Gasteiger partial charge on any atom is 0.243 e. The van der Waals surface area contributed by atoms with Gasteiger partial charge in [-0.3, -0.25) is 0 Å². The minimum Gasteiger partial charge on any atom is -0.395 e. The molecular formula is C13H13Cl2NO3S2. The summed E-state index contributed by atoms with van der Waals surface area (Å²) in [4.78, 5) is -0.0642. The van der Waals surface area contributed by atoms with Gasteiger partial charge in [-0.2, -0.15) is 0 Å². The molecule has 0 unspecified atom stereocenters. The van der Waals surface area contributed by atoms with Gasteiger partial charge in [0.15, 0.2) is 0 Å². The Labute approximate surface area is 137 Å². The average Bonchev–Trinajstić information content (AvgIpc) is 2.79. The summed E-state index contributed by atoms with van der Waals surface area (Å²) in [5, 5.41) is 9.39. The molecule has 114 valence electrons. The lowest BCUT2D eigenvalue weighted by Crippen LogP contribution is -2.39. The van der Waals surface area contributed by atoms with Gasteiger partial charge in [-0.15, -0.1) is 11.3 Å². The second-order valence-corrected chi connectivity index (χ2v) is 8.35. The molecule has 0 fully saturated rings. The monoisotopic (exact) mass is 365 g/mol. The van der Waals surface area contributed by atoms with Crippen LogP contribution in [-0.2, 0) is 16.4 Å². The molecule has 0 aliphatic carbocycles. The SMILES string of the molecule is O=S(=O)(N[C@@H](CO)Cc1ccccc1)c1cc(Cl)sc1Cl. The maximum atomic E-state index is 12.3. The van der Waals surface area contributed by atoms with Crippen LogP contribution in [0.15, 0.2) is 41.3 Å². The summed E-state index contributed by atoms with van der Waals surface area (Å²) >= 11 is 12.6. The minimum atomic E-state index is -3.82. The van der Waals surface area contributed by atoms with E-state index >= 15 is 0 Å². The van der Waals surface area contributed by atoms with Gasteiger partial charge >= 0.3 is 0 Å². The summed E-state index contributed by atoms with van der Waals surface area (Å²) in [6.45, 7) is -0.316. The van der Waals surface area contributed by atoms with Crippen molar-refractivity contribution < 1.29 is 13.5 Å². The lowest BCUT2D eigenvalue weighted by Gasteiger charge is -2.16. The van der Waals surface area contributed by atoms with Gasteiger partial charge < -0.3 is 5.11 Å². The van der Waals surface area contributed by atoms with Crippen molar-refractivity contribution in [2.24, 2.45) is 0 Å². The molecule has 2 aromatic rings. The van der Waals surface area contributed by atoms with E-state index in [1.807, 2.05) is 30.3 Å². The first kappa shape index (κ1) is 16.7. The van der Waals surface area contributed by atoms with Crippen LogP contribution in [0.4, 0.5) is 0 Å². The summed E-state index contributed by atoms with van der Waals surface area (Å²) in [6, 6.07) is 9.98. The van der Waals surface area contributed by atoms with E-state index in [1.54, 1.807) is 0 Å².